The van der Waals surface area contributed by atoms with Crippen molar-refractivity contribution < 1.29 is 19.1 Å². The molecular formula is C26H35N3O4. The summed E-state index contributed by atoms with van der Waals surface area (Å²) in [5.74, 6) is 0.573. The third-order valence-electron chi connectivity index (χ3n) is 7.73. The second kappa shape index (κ2) is 9.01. The number of hydrogen-bond donors (Lipinski definition) is 1. The number of fused-ring (bicyclic) bond motifs is 3. The van der Waals surface area contributed by atoms with Gasteiger partial charge in [-0.25, -0.2) is 0 Å². The predicted molar refractivity (Wildman–Crippen MR) is 127 cm³/mol. The van der Waals surface area contributed by atoms with Gasteiger partial charge in [0.25, 0.3) is 5.91 Å². The van der Waals surface area contributed by atoms with Gasteiger partial charge in [0, 0.05) is 30.6 Å². The van der Waals surface area contributed by atoms with E-state index in [4.69, 9.17) is 9.47 Å². The van der Waals surface area contributed by atoms with Crippen molar-refractivity contribution in [3.8, 4) is 5.75 Å². The molecule has 2 aromatic rings. The van der Waals surface area contributed by atoms with E-state index in [1.54, 1.807) is 12.0 Å². The van der Waals surface area contributed by atoms with Crippen LogP contribution in [0.5, 0.6) is 5.75 Å². The number of carbonyl (C=O) groups is 2. The summed E-state index contributed by atoms with van der Waals surface area (Å²) in [6.07, 6.45) is 8.67. The molecule has 3 aliphatic rings. The molecule has 7 nitrogen and oxygen atoms in total. The van der Waals surface area contributed by atoms with Gasteiger partial charge in [0.15, 0.2) is 0 Å². The molecule has 1 aromatic carbocycles. The molecule has 2 aliphatic heterocycles. The SMILES string of the molecule is COc1ccc2cc3n(c2c1)C[C@@](C)(C(=O)NC1CCCCCC1)N(C[C@H]1CCCO1)C3=O. The fourth-order valence-electron chi connectivity index (χ4n) is 5.70. The zero-order chi connectivity index (χ0) is 23.0. The van der Waals surface area contributed by atoms with Crippen LogP contribution in [0.2, 0.25) is 0 Å². The van der Waals surface area contributed by atoms with Gasteiger partial charge in [-0.3, -0.25) is 9.59 Å². The Morgan fingerprint density at radius 1 is 1.15 bits per heavy atom. The van der Waals surface area contributed by atoms with Crippen LogP contribution in [0, 0.1) is 0 Å². The largest absolute Gasteiger partial charge is 0.497 e. The van der Waals surface area contributed by atoms with Crippen LogP contribution in [0.3, 0.4) is 0 Å². The minimum absolute atomic E-state index is 0.0185. The second-order valence-electron chi connectivity index (χ2n) is 10.0. The Hall–Kier alpha value is -2.54. The fraction of sp³-hybridized carbons (Fsp3) is 0.615. The van der Waals surface area contributed by atoms with Gasteiger partial charge in [0.2, 0.25) is 5.91 Å². The third-order valence-corrected chi connectivity index (χ3v) is 7.73. The molecule has 0 unspecified atom stereocenters. The summed E-state index contributed by atoms with van der Waals surface area (Å²) < 4.78 is 13.3. The van der Waals surface area contributed by atoms with E-state index in [0.29, 0.717) is 18.8 Å². The first-order chi connectivity index (χ1) is 16.0. The van der Waals surface area contributed by atoms with Gasteiger partial charge in [-0.05, 0) is 50.8 Å². The molecule has 0 radical (unpaired) electrons. The van der Waals surface area contributed by atoms with Crippen LogP contribution in [0.25, 0.3) is 10.9 Å². The number of aromatic nitrogens is 1. The maximum Gasteiger partial charge on any atom is 0.271 e. The van der Waals surface area contributed by atoms with E-state index in [-0.39, 0.29) is 24.0 Å². The Morgan fingerprint density at radius 2 is 1.94 bits per heavy atom. The van der Waals surface area contributed by atoms with Crippen molar-refractivity contribution in [2.45, 2.75) is 82.5 Å². The maximum absolute atomic E-state index is 13.8. The standard InChI is InChI=1S/C26H35N3O4/c1-26(25(31)27-19-8-5-3-4-6-9-19)17-28-22-15-20(32-2)12-11-18(22)14-23(28)24(30)29(26)16-21-10-7-13-33-21/h11-12,14-15,19,21H,3-10,13,16-17H2,1-2H3,(H,27,31)/t21-,26+/m1/s1. The molecule has 1 saturated heterocycles. The van der Waals surface area contributed by atoms with Crippen molar-refractivity contribution in [3.05, 3.63) is 30.0 Å². The molecule has 0 bridgehead atoms. The van der Waals surface area contributed by atoms with Crippen LogP contribution < -0.4 is 10.1 Å². The zero-order valence-corrected chi connectivity index (χ0v) is 19.8. The highest BCUT2D eigenvalue weighted by Crippen LogP contribution is 2.35. The summed E-state index contributed by atoms with van der Waals surface area (Å²) in [6.45, 7) is 3.49. The highest BCUT2D eigenvalue weighted by Gasteiger charge is 2.49. The highest BCUT2D eigenvalue weighted by molar-refractivity contribution is 6.03. The van der Waals surface area contributed by atoms with E-state index >= 15 is 0 Å². The molecule has 2 fully saturated rings. The zero-order valence-electron chi connectivity index (χ0n) is 19.8. The lowest BCUT2D eigenvalue weighted by Gasteiger charge is -2.45. The van der Waals surface area contributed by atoms with Crippen LogP contribution in [-0.4, -0.2) is 59.2 Å². The first kappa shape index (κ1) is 22.3. The number of rotatable bonds is 5. The minimum Gasteiger partial charge on any atom is -0.497 e. The number of nitrogens with one attached hydrogen (secondary N) is 1. The number of carbonyl (C=O) groups excluding carboxylic acids is 2. The Kier molecular flexibility index (Phi) is 6.08. The van der Waals surface area contributed by atoms with Gasteiger partial charge >= 0.3 is 0 Å². The van der Waals surface area contributed by atoms with Crippen molar-refractivity contribution in [3.63, 3.8) is 0 Å². The average molecular weight is 454 g/mol. The topological polar surface area (TPSA) is 72.8 Å². The summed E-state index contributed by atoms with van der Waals surface area (Å²) in [5, 5.41) is 4.30. The number of methoxy groups -OCH3 is 1. The van der Waals surface area contributed by atoms with Crippen molar-refractivity contribution >= 4 is 22.7 Å². The quantitative estimate of drug-likeness (QED) is 0.698. The van der Waals surface area contributed by atoms with E-state index in [0.717, 1.165) is 61.8 Å². The number of benzene rings is 1. The molecule has 1 aliphatic carbocycles. The molecule has 33 heavy (non-hydrogen) atoms. The van der Waals surface area contributed by atoms with Crippen molar-refractivity contribution in [2.24, 2.45) is 0 Å². The molecule has 178 valence electrons. The van der Waals surface area contributed by atoms with E-state index in [9.17, 15) is 9.59 Å². The Balaban J connectivity index is 1.51. The van der Waals surface area contributed by atoms with Crippen LogP contribution >= 0.6 is 0 Å². The number of hydrogen-bond acceptors (Lipinski definition) is 4. The lowest BCUT2D eigenvalue weighted by molar-refractivity contribution is -0.134. The van der Waals surface area contributed by atoms with Gasteiger partial charge in [0.05, 0.1) is 25.3 Å². The van der Waals surface area contributed by atoms with E-state index in [2.05, 4.69) is 5.32 Å². The lowest BCUT2D eigenvalue weighted by Crippen LogP contribution is -2.66. The van der Waals surface area contributed by atoms with Crippen LogP contribution in [0.1, 0.15) is 68.8 Å². The predicted octanol–water partition coefficient (Wildman–Crippen LogP) is 3.88. The summed E-state index contributed by atoms with van der Waals surface area (Å²) in [5.41, 5.74) is 0.552. The normalized spacial score (nSPS) is 26.3. The van der Waals surface area contributed by atoms with Gasteiger partial charge < -0.3 is 24.3 Å². The lowest BCUT2D eigenvalue weighted by atomic mass is 9.93. The smallest absolute Gasteiger partial charge is 0.271 e. The molecule has 5 rings (SSSR count). The molecule has 0 spiro atoms. The van der Waals surface area contributed by atoms with Crippen molar-refractivity contribution in [2.75, 3.05) is 20.3 Å². The Labute approximate surface area is 195 Å². The summed E-state index contributed by atoms with van der Waals surface area (Å²) in [7, 11) is 1.64. The van der Waals surface area contributed by atoms with Crippen LogP contribution in [-0.2, 0) is 16.1 Å². The van der Waals surface area contributed by atoms with Gasteiger partial charge in [0.1, 0.15) is 17.0 Å². The Bertz CT molecular complexity index is 1030. The molecule has 2 atom stereocenters. The molecule has 1 N–H and O–H groups in total. The van der Waals surface area contributed by atoms with Gasteiger partial charge in [-0.2, -0.15) is 0 Å². The molecule has 2 amide bonds. The number of ether oxygens (including phenoxy) is 2. The summed E-state index contributed by atoms with van der Waals surface area (Å²) in [4.78, 5) is 29.4. The first-order valence-corrected chi connectivity index (χ1v) is 12.4. The van der Waals surface area contributed by atoms with Crippen molar-refractivity contribution in [1.82, 2.24) is 14.8 Å². The Morgan fingerprint density at radius 3 is 2.64 bits per heavy atom. The number of nitrogens with zero attached hydrogens (tertiary/aromatic N) is 2. The molecular weight excluding hydrogens is 418 g/mol. The molecule has 1 aromatic heterocycles. The fourth-order valence-corrected chi connectivity index (χ4v) is 5.70. The minimum atomic E-state index is -0.989. The van der Waals surface area contributed by atoms with E-state index in [1.807, 2.05) is 35.8 Å². The highest BCUT2D eigenvalue weighted by atomic mass is 16.5. The van der Waals surface area contributed by atoms with E-state index in [1.165, 1.54) is 12.8 Å². The average Bonchev–Trinajstić information content (AvgIpc) is 3.38. The maximum atomic E-state index is 13.8. The van der Waals surface area contributed by atoms with Crippen LogP contribution in [0.4, 0.5) is 0 Å². The van der Waals surface area contributed by atoms with Crippen LogP contribution in [0.15, 0.2) is 24.3 Å². The number of amides is 2. The molecule has 1 saturated carbocycles. The summed E-state index contributed by atoms with van der Waals surface area (Å²) >= 11 is 0. The monoisotopic (exact) mass is 453 g/mol. The van der Waals surface area contributed by atoms with Gasteiger partial charge in [-0.1, -0.05) is 25.7 Å². The first-order valence-electron chi connectivity index (χ1n) is 12.4. The van der Waals surface area contributed by atoms with Crippen molar-refractivity contribution in [1.29, 1.82) is 0 Å². The van der Waals surface area contributed by atoms with Gasteiger partial charge in [-0.15, -0.1) is 0 Å². The summed E-state index contributed by atoms with van der Waals surface area (Å²) in [6, 6.07) is 7.94. The second-order valence-corrected chi connectivity index (χ2v) is 10.0. The molecule has 3 heterocycles. The third kappa shape index (κ3) is 4.12. The van der Waals surface area contributed by atoms with E-state index < -0.39 is 5.54 Å². The molecule has 7 heteroatoms.